The number of para-hydroxylation sites is 1. The molecule has 2 aliphatic rings. The van der Waals surface area contributed by atoms with Crippen LogP contribution < -0.4 is 5.32 Å². The molecule has 6 nitrogen and oxygen atoms in total. The van der Waals surface area contributed by atoms with Crippen LogP contribution in [0, 0.1) is 11.8 Å². The van der Waals surface area contributed by atoms with E-state index in [1.54, 1.807) is 0 Å². The third-order valence-corrected chi connectivity index (χ3v) is 6.68. The monoisotopic (exact) mass is 397 g/mol. The number of hydrogen-bond donors (Lipinski definition) is 2. The molecule has 29 heavy (non-hydrogen) atoms. The summed E-state index contributed by atoms with van der Waals surface area (Å²) in [7, 11) is 1.34. The lowest BCUT2D eigenvalue weighted by molar-refractivity contribution is -0.117. The van der Waals surface area contributed by atoms with Gasteiger partial charge >= 0.3 is 5.97 Å². The second-order valence-electron chi connectivity index (χ2n) is 8.47. The fraction of sp³-hybridized carbons (Fsp3) is 0.565. The minimum Gasteiger partial charge on any atom is -0.464 e. The van der Waals surface area contributed by atoms with Crippen LogP contribution in [0.2, 0.25) is 0 Å². The molecule has 0 unspecified atom stereocenters. The van der Waals surface area contributed by atoms with E-state index >= 15 is 0 Å². The highest BCUT2D eigenvalue weighted by Gasteiger charge is 2.28. The van der Waals surface area contributed by atoms with Crippen molar-refractivity contribution in [1.29, 1.82) is 0 Å². The lowest BCUT2D eigenvalue weighted by atomic mass is 9.76. The van der Waals surface area contributed by atoms with E-state index in [2.05, 4.69) is 15.2 Å². The zero-order chi connectivity index (χ0) is 20.2. The smallest absolute Gasteiger partial charge is 0.356 e. The van der Waals surface area contributed by atoms with Crippen molar-refractivity contribution in [2.24, 2.45) is 11.8 Å². The summed E-state index contributed by atoms with van der Waals surface area (Å²) in [6.07, 6.45) is 9.35. The predicted molar refractivity (Wildman–Crippen MR) is 114 cm³/mol. The molecule has 1 aliphatic carbocycles. The zero-order valence-electron chi connectivity index (χ0n) is 17.2. The lowest BCUT2D eigenvalue weighted by Crippen LogP contribution is -2.41. The molecular formula is C23H31N3O3. The number of nitrogens with one attached hydrogen (secondary N) is 2. The van der Waals surface area contributed by atoms with Crippen molar-refractivity contribution in [2.75, 3.05) is 32.1 Å². The topological polar surface area (TPSA) is 74.4 Å². The van der Waals surface area contributed by atoms with Crippen LogP contribution in [0.3, 0.4) is 0 Å². The molecule has 0 spiro atoms. The number of H-pyrrole nitrogens is 1. The first kappa shape index (κ1) is 20.0. The third kappa shape index (κ3) is 4.47. The van der Waals surface area contributed by atoms with E-state index in [9.17, 15) is 9.59 Å². The Morgan fingerprint density at radius 3 is 2.48 bits per heavy atom. The van der Waals surface area contributed by atoms with Crippen LogP contribution in [-0.2, 0) is 9.53 Å². The normalized spacial score (nSPS) is 19.3. The summed E-state index contributed by atoms with van der Waals surface area (Å²) in [5.74, 6) is 1.16. The molecule has 4 rings (SSSR count). The Labute approximate surface area is 172 Å². The molecule has 2 aromatic rings. The second kappa shape index (κ2) is 8.99. The van der Waals surface area contributed by atoms with Gasteiger partial charge in [-0.25, -0.2) is 4.79 Å². The van der Waals surface area contributed by atoms with Gasteiger partial charge in [-0.15, -0.1) is 0 Å². The Balaban J connectivity index is 1.37. The Morgan fingerprint density at radius 1 is 1.07 bits per heavy atom. The van der Waals surface area contributed by atoms with Crippen LogP contribution in [0.4, 0.5) is 5.69 Å². The largest absolute Gasteiger partial charge is 0.464 e. The Kier molecular flexibility index (Phi) is 6.19. The van der Waals surface area contributed by atoms with Crippen molar-refractivity contribution in [2.45, 2.75) is 44.9 Å². The van der Waals surface area contributed by atoms with Gasteiger partial charge in [0.05, 0.1) is 19.3 Å². The molecule has 1 aromatic heterocycles. The molecule has 1 aliphatic heterocycles. The number of aromatic amines is 1. The van der Waals surface area contributed by atoms with Crippen molar-refractivity contribution in [1.82, 2.24) is 9.88 Å². The van der Waals surface area contributed by atoms with E-state index in [0.29, 0.717) is 12.2 Å². The molecule has 2 fully saturated rings. The van der Waals surface area contributed by atoms with E-state index in [-0.39, 0.29) is 11.6 Å². The van der Waals surface area contributed by atoms with Crippen LogP contribution in [-0.4, -0.2) is 48.5 Å². The number of piperidine rings is 1. The van der Waals surface area contributed by atoms with Crippen LogP contribution in [0.25, 0.3) is 10.9 Å². The van der Waals surface area contributed by atoms with Gasteiger partial charge in [0.15, 0.2) is 0 Å². The predicted octanol–water partition coefficient (Wildman–Crippen LogP) is 4.19. The number of rotatable bonds is 5. The van der Waals surface area contributed by atoms with Crippen molar-refractivity contribution in [3.63, 3.8) is 0 Å². The van der Waals surface area contributed by atoms with E-state index in [1.165, 1.54) is 52.1 Å². The first-order chi connectivity index (χ1) is 14.2. The highest BCUT2D eigenvalue weighted by Crippen LogP contribution is 2.35. The number of amides is 1. The van der Waals surface area contributed by atoms with Gasteiger partial charge < -0.3 is 15.0 Å². The summed E-state index contributed by atoms with van der Waals surface area (Å²) >= 11 is 0. The number of carbonyl (C=O) groups excluding carboxylic acids is 2. The van der Waals surface area contributed by atoms with Crippen molar-refractivity contribution < 1.29 is 14.3 Å². The van der Waals surface area contributed by atoms with E-state index in [4.69, 9.17) is 4.74 Å². The van der Waals surface area contributed by atoms with Gasteiger partial charge in [0, 0.05) is 10.9 Å². The fourth-order valence-electron chi connectivity index (χ4n) is 5.10. The number of nitrogens with zero attached hydrogens (tertiary/aromatic N) is 1. The summed E-state index contributed by atoms with van der Waals surface area (Å²) in [6.45, 7) is 2.32. The number of fused-ring (bicyclic) bond motifs is 1. The minimum atomic E-state index is -0.482. The van der Waals surface area contributed by atoms with Crippen molar-refractivity contribution >= 4 is 28.5 Å². The fourth-order valence-corrected chi connectivity index (χ4v) is 5.10. The summed E-state index contributed by atoms with van der Waals surface area (Å²) in [5.41, 5.74) is 1.60. The molecule has 1 saturated carbocycles. The summed E-state index contributed by atoms with van der Waals surface area (Å²) in [5, 5.41) is 3.77. The van der Waals surface area contributed by atoms with Gasteiger partial charge in [-0.2, -0.15) is 0 Å². The van der Waals surface area contributed by atoms with E-state index < -0.39 is 5.97 Å². The molecular weight excluding hydrogens is 366 g/mol. The second-order valence-corrected chi connectivity index (χ2v) is 8.47. The van der Waals surface area contributed by atoms with Crippen LogP contribution in [0.5, 0.6) is 0 Å². The molecule has 6 heteroatoms. The number of ether oxygens (including phenoxy) is 1. The number of esters is 1. The number of methoxy groups -OCH3 is 1. The number of likely N-dealkylation sites (tertiary alicyclic amines) is 1. The summed E-state index contributed by atoms with van der Waals surface area (Å²) in [6, 6.07) is 7.56. The van der Waals surface area contributed by atoms with Gasteiger partial charge in [0.1, 0.15) is 5.69 Å². The number of benzene rings is 1. The SMILES string of the molecule is COC(=O)c1[nH]c2ccccc2c1NC(=O)CN1CCC(C2CCCCC2)CC1. The number of anilines is 1. The number of hydrogen-bond acceptors (Lipinski definition) is 4. The maximum Gasteiger partial charge on any atom is 0.356 e. The number of carbonyl (C=O) groups is 2. The van der Waals surface area contributed by atoms with Gasteiger partial charge in [-0.3, -0.25) is 9.69 Å². The molecule has 1 saturated heterocycles. The van der Waals surface area contributed by atoms with Gasteiger partial charge in [0.2, 0.25) is 5.91 Å². The van der Waals surface area contributed by atoms with Crippen molar-refractivity contribution in [3.8, 4) is 0 Å². The van der Waals surface area contributed by atoms with Crippen LogP contribution in [0.15, 0.2) is 24.3 Å². The average molecular weight is 398 g/mol. The van der Waals surface area contributed by atoms with Crippen LogP contribution >= 0.6 is 0 Å². The first-order valence-electron chi connectivity index (χ1n) is 10.9. The highest BCUT2D eigenvalue weighted by molar-refractivity contribution is 6.11. The quantitative estimate of drug-likeness (QED) is 0.742. The lowest BCUT2D eigenvalue weighted by Gasteiger charge is -2.37. The first-order valence-corrected chi connectivity index (χ1v) is 10.9. The maximum atomic E-state index is 12.7. The molecule has 2 heterocycles. The Morgan fingerprint density at radius 2 is 1.76 bits per heavy atom. The Hall–Kier alpha value is -2.34. The van der Waals surface area contributed by atoms with Crippen molar-refractivity contribution in [3.05, 3.63) is 30.0 Å². The molecule has 2 N–H and O–H groups in total. The van der Waals surface area contributed by atoms with Crippen LogP contribution in [0.1, 0.15) is 55.4 Å². The molecule has 156 valence electrons. The third-order valence-electron chi connectivity index (χ3n) is 6.68. The van der Waals surface area contributed by atoms with Gasteiger partial charge in [0.25, 0.3) is 0 Å². The summed E-state index contributed by atoms with van der Waals surface area (Å²) < 4.78 is 4.88. The standard InChI is InChI=1S/C23H31N3O3/c1-29-23(28)22-21(18-9-5-6-10-19(18)24-22)25-20(27)15-26-13-11-17(12-14-26)16-7-3-2-4-8-16/h5-6,9-10,16-17,24H,2-4,7-8,11-15H2,1H3,(H,25,27). The van der Waals surface area contributed by atoms with E-state index in [1.807, 2.05) is 24.3 Å². The average Bonchev–Trinajstić information content (AvgIpc) is 3.12. The molecule has 0 radical (unpaired) electrons. The molecule has 0 bridgehead atoms. The molecule has 0 atom stereocenters. The summed E-state index contributed by atoms with van der Waals surface area (Å²) in [4.78, 5) is 30.2. The highest BCUT2D eigenvalue weighted by atomic mass is 16.5. The number of aromatic nitrogens is 1. The Bertz CT molecular complexity index is 861. The zero-order valence-corrected chi connectivity index (χ0v) is 17.2. The maximum absolute atomic E-state index is 12.7. The van der Waals surface area contributed by atoms with E-state index in [0.717, 1.165) is 35.8 Å². The molecule has 1 aromatic carbocycles. The van der Waals surface area contributed by atoms with Gasteiger partial charge in [-0.05, 0) is 43.8 Å². The minimum absolute atomic E-state index is 0.0870. The van der Waals surface area contributed by atoms with Gasteiger partial charge in [-0.1, -0.05) is 50.3 Å². The molecule has 1 amide bonds.